The van der Waals surface area contributed by atoms with Gasteiger partial charge >= 0.3 is 5.97 Å². The largest absolute Gasteiger partial charge is 0.462 e. The highest BCUT2D eigenvalue weighted by Gasteiger charge is 2.62. The summed E-state index contributed by atoms with van der Waals surface area (Å²) < 4.78 is 5.79. The molecule has 0 aromatic carbocycles. The van der Waals surface area contributed by atoms with Crippen molar-refractivity contribution in [1.29, 1.82) is 0 Å². The van der Waals surface area contributed by atoms with E-state index < -0.39 is 0 Å². The minimum absolute atomic E-state index is 0.00338. The molecule has 3 aliphatic carbocycles. The maximum atomic E-state index is 13.0. The monoisotopic (exact) mass is 375 g/mol. The van der Waals surface area contributed by atoms with Crippen LogP contribution in [0.1, 0.15) is 86.0 Å². The van der Waals surface area contributed by atoms with E-state index in [0.29, 0.717) is 24.2 Å². The van der Waals surface area contributed by atoms with Crippen molar-refractivity contribution in [2.24, 2.45) is 34.5 Å². The molecule has 0 spiro atoms. The Morgan fingerprint density at radius 2 is 1.70 bits per heavy atom. The first kappa shape index (κ1) is 19.3. The molecule has 1 N–H and O–H groups in total. The second-order valence-corrected chi connectivity index (χ2v) is 11.4. The van der Waals surface area contributed by atoms with Gasteiger partial charge in [0.1, 0.15) is 6.10 Å². The van der Waals surface area contributed by atoms with Crippen molar-refractivity contribution in [3.63, 3.8) is 0 Å². The minimum Gasteiger partial charge on any atom is -0.462 e. The molecule has 4 aliphatic rings. The molecule has 0 bridgehead atoms. The molecule has 4 nitrogen and oxygen atoms in total. The Balaban J connectivity index is 1.55. The number of hydrogen-bond acceptors (Lipinski definition) is 3. The predicted octanol–water partition coefficient (Wildman–Crippen LogP) is 4.47. The number of ether oxygens (including phenoxy) is 1. The van der Waals surface area contributed by atoms with Gasteiger partial charge in [-0.3, -0.25) is 9.59 Å². The van der Waals surface area contributed by atoms with E-state index in [1.807, 2.05) is 0 Å². The molecule has 4 heteroatoms. The number of fused-ring (bicyclic) bond motifs is 5. The van der Waals surface area contributed by atoms with Crippen LogP contribution in [0.25, 0.3) is 0 Å². The SMILES string of the molecule is CC(C)(C)NC(=O)[C@H]1CC[C@H]2[C@@H]3CCC4OC(=O)CC[C@]4(C)[C@H]3CC[C@]12C. The van der Waals surface area contributed by atoms with Crippen LogP contribution in [-0.4, -0.2) is 23.5 Å². The van der Waals surface area contributed by atoms with Crippen molar-refractivity contribution in [2.45, 2.75) is 97.6 Å². The molecular weight excluding hydrogens is 338 g/mol. The lowest BCUT2D eigenvalue weighted by Gasteiger charge is -2.59. The highest BCUT2D eigenvalue weighted by molar-refractivity contribution is 5.80. The van der Waals surface area contributed by atoms with Gasteiger partial charge in [-0.25, -0.2) is 0 Å². The Hall–Kier alpha value is -1.06. The summed E-state index contributed by atoms with van der Waals surface area (Å²) in [6, 6.07) is 0. The van der Waals surface area contributed by atoms with Gasteiger partial charge in [-0.2, -0.15) is 0 Å². The Morgan fingerprint density at radius 3 is 2.41 bits per heavy atom. The normalized spacial score (nSPS) is 46.7. The van der Waals surface area contributed by atoms with Gasteiger partial charge in [-0.15, -0.1) is 0 Å². The van der Waals surface area contributed by atoms with Crippen molar-refractivity contribution < 1.29 is 14.3 Å². The minimum atomic E-state index is -0.166. The summed E-state index contributed by atoms with van der Waals surface area (Å²) in [5.41, 5.74) is 0.106. The fourth-order valence-corrected chi connectivity index (χ4v) is 7.44. The summed E-state index contributed by atoms with van der Waals surface area (Å²) in [4.78, 5) is 24.9. The zero-order valence-electron chi connectivity index (χ0n) is 17.8. The van der Waals surface area contributed by atoms with Gasteiger partial charge in [-0.05, 0) is 88.9 Å². The Morgan fingerprint density at radius 1 is 1.00 bits per heavy atom. The van der Waals surface area contributed by atoms with Crippen molar-refractivity contribution in [3.05, 3.63) is 0 Å². The quantitative estimate of drug-likeness (QED) is 0.688. The molecule has 0 radical (unpaired) electrons. The van der Waals surface area contributed by atoms with Crippen LogP contribution in [0.3, 0.4) is 0 Å². The van der Waals surface area contributed by atoms with E-state index in [0.717, 1.165) is 32.1 Å². The molecule has 1 heterocycles. The number of carbonyl (C=O) groups is 2. The highest BCUT2D eigenvalue weighted by Crippen LogP contribution is 2.66. The third kappa shape index (κ3) is 3.02. The Bertz CT molecular complexity index is 638. The van der Waals surface area contributed by atoms with Crippen LogP contribution >= 0.6 is 0 Å². The van der Waals surface area contributed by atoms with E-state index in [1.165, 1.54) is 12.8 Å². The van der Waals surface area contributed by atoms with Gasteiger partial charge < -0.3 is 10.1 Å². The average molecular weight is 376 g/mol. The molecule has 0 aromatic heterocycles. The topological polar surface area (TPSA) is 55.4 Å². The molecule has 4 rings (SSSR count). The van der Waals surface area contributed by atoms with Gasteiger partial charge in [-0.1, -0.05) is 13.8 Å². The van der Waals surface area contributed by atoms with E-state index in [9.17, 15) is 9.59 Å². The number of amides is 1. The average Bonchev–Trinajstić information content (AvgIpc) is 2.91. The summed E-state index contributed by atoms with van der Waals surface area (Å²) in [5.74, 6) is 2.38. The van der Waals surface area contributed by atoms with Gasteiger partial charge in [0.15, 0.2) is 0 Å². The van der Waals surface area contributed by atoms with E-state index in [4.69, 9.17) is 4.74 Å². The second-order valence-electron chi connectivity index (χ2n) is 11.4. The molecule has 4 fully saturated rings. The third-order valence-electron chi connectivity index (χ3n) is 8.74. The smallest absolute Gasteiger partial charge is 0.306 e. The molecule has 1 aliphatic heterocycles. The first-order valence-corrected chi connectivity index (χ1v) is 11.1. The first-order valence-electron chi connectivity index (χ1n) is 11.1. The summed E-state index contributed by atoms with van der Waals surface area (Å²) in [7, 11) is 0. The molecule has 27 heavy (non-hydrogen) atoms. The van der Waals surface area contributed by atoms with Crippen LogP contribution < -0.4 is 5.32 Å². The molecule has 1 amide bonds. The van der Waals surface area contributed by atoms with Gasteiger partial charge in [0.05, 0.1) is 0 Å². The van der Waals surface area contributed by atoms with Crippen LogP contribution in [0.5, 0.6) is 0 Å². The molecule has 1 saturated heterocycles. The first-order chi connectivity index (χ1) is 12.5. The van der Waals surface area contributed by atoms with Crippen LogP contribution in [0.15, 0.2) is 0 Å². The van der Waals surface area contributed by atoms with Crippen molar-refractivity contribution in [2.75, 3.05) is 0 Å². The zero-order chi connectivity index (χ0) is 19.6. The maximum Gasteiger partial charge on any atom is 0.306 e. The highest BCUT2D eigenvalue weighted by atomic mass is 16.5. The summed E-state index contributed by atoms with van der Waals surface area (Å²) >= 11 is 0. The van der Waals surface area contributed by atoms with Crippen molar-refractivity contribution >= 4 is 11.9 Å². The molecule has 7 atom stereocenters. The summed E-state index contributed by atoms with van der Waals surface area (Å²) in [6.07, 6.45) is 8.37. The van der Waals surface area contributed by atoms with Gasteiger partial charge in [0, 0.05) is 23.3 Å². The van der Waals surface area contributed by atoms with Crippen molar-refractivity contribution in [3.8, 4) is 0 Å². The fourth-order valence-electron chi connectivity index (χ4n) is 7.44. The second kappa shape index (κ2) is 6.22. The van der Waals surface area contributed by atoms with E-state index in [2.05, 4.69) is 39.9 Å². The van der Waals surface area contributed by atoms with Crippen molar-refractivity contribution in [1.82, 2.24) is 5.32 Å². The molecular formula is C23H37NO3. The number of nitrogens with one attached hydrogen (secondary N) is 1. The number of esters is 1. The lowest BCUT2D eigenvalue weighted by Crippen LogP contribution is -2.57. The zero-order valence-corrected chi connectivity index (χ0v) is 17.8. The Labute approximate surface area is 164 Å². The van der Waals surface area contributed by atoms with Gasteiger partial charge in [0.2, 0.25) is 5.91 Å². The number of carbonyl (C=O) groups excluding carboxylic acids is 2. The lowest BCUT2D eigenvalue weighted by atomic mass is 9.47. The summed E-state index contributed by atoms with van der Waals surface area (Å²) in [5, 5.41) is 3.25. The lowest BCUT2D eigenvalue weighted by molar-refractivity contribution is -0.192. The van der Waals surface area contributed by atoms with Crippen LogP contribution in [0, 0.1) is 34.5 Å². The fraction of sp³-hybridized carbons (Fsp3) is 0.913. The van der Waals surface area contributed by atoms with Gasteiger partial charge in [0.25, 0.3) is 0 Å². The predicted molar refractivity (Wildman–Crippen MR) is 105 cm³/mol. The van der Waals surface area contributed by atoms with Crippen LogP contribution in [-0.2, 0) is 14.3 Å². The number of hydrogen-bond donors (Lipinski definition) is 1. The standard InChI is InChI=1S/C23H37NO3/c1-21(2,3)24-20(26)17-8-7-15-14-6-9-18-23(5,13-11-19(25)27-18)16(14)10-12-22(15,17)4/h14-18H,6-13H2,1-5H3,(H,24,26)/t14-,15-,16-,17+,18?,22-,23+/m0/s1. The number of rotatable bonds is 1. The maximum absolute atomic E-state index is 13.0. The molecule has 152 valence electrons. The molecule has 3 saturated carbocycles. The Kier molecular flexibility index (Phi) is 4.44. The summed E-state index contributed by atoms with van der Waals surface area (Å²) in [6.45, 7) is 11.0. The van der Waals surface area contributed by atoms with Crippen LogP contribution in [0.4, 0.5) is 0 Å². The van der Waals surface area contributed by atoms with E-state index >= 15 is 0 Å². The molecule has 1 unspecified atom stereocenters. The van der Waals surface area contributed by atoms with Crippen LogP contribution in [0.2, 0.25) is 0 Å². The van der Waals surface area contributed by atoms with E-state index in [-0.39, 0.29) is 40.3 Å². The van der Waals surface area contributed by atoms with E-state index in [1.54, 1.807) is 0 Å². The third-order valence-corrected chi connectivity index (χ3v) is 8.74. The molecule has 0 aromatic rings.